The van der Waals surface area contributed by atoms with Crippen LogP contribution in [0.1, 0.15) is 33.6 Å². The molecule has 0 saturated carbocycles. The SMILES string of the molecule is CC1(C)CCCN1C(=O)NC(C)(C(=O)O)C(F)(F)F. The van der Waals surface area contributed by atoms with Gasteiger partial charge in [0.25, 0.3) is 0 Å². The Morgan fingerprint density at radius 1 is 1.32 bits per heavy atom. The summed E-state index contributed by atoms with van der Waals surface area (Å²) in [6, 6.07) is -1.01. The molecule has 0 spiro atoms. The summed E-state index contributed by atoms with van der Waals surface area (Å²) in [7, 11) is 0. The second kappa shape index (κ2) is 4.57. The summed E-state index contributed by atoms with van der Waals surface area (Å²) in [5.74, 6) is -2.13. The molecule has 2 amide bonds. The average molecular weight is 282 g/mol. The number of halogens is 3. The van der Waals surface area contributed by atoms with Crippen molar-refractivity contribution in [2.24, 2.45) is 0 Å². The van der Waals surface area contributed by atoms with Crippen LogP contribution in [0.4, 0.5) is 18.0 Å². The van der Waals surface area contributed by atoms with Crippen molar-refractivity contribution in [2.75, 3.05) is 6.54 Å². The Labute approximate surface area is 108 Å². The Kier molecular flexibility index (Phi) is 3.75. The third kappa shape index (κ3) is 2.76. The highest BCUT2D eigenvalue weighted by atomic mass is 19.4. The molecule has 0 aliphatic carbocycles. The Bertz CT molecular complexity index is 395. The minimum absolute atomic E-state index is 0.312. The molecular weight excluding hydrogens is 265 g/mol. The number of carbonyl (C=O) groups is 2. The number of carbonyl (C=O) groups excluding carboxylic acids is 1. The van der Waals surface area contributed by atoms with Crippen LogP contribution in [0, 0.1) is 0 Å². The van der Waals surface area contributed by atoms with Crippen LogP contribution in [0.2, 0.25) is 0 Å². The summed E-state index contributed by atoms with van der Waals surface area (Å²) in [4.78, 5) is 23.9. The van der Waals surface area contributed by atoms with Crippen LogP contribution < -0.4 is 5.32 Å². The van der Waals surface area contributed by atoms with E-state index in [0.29, 0.717) is 26.3 Å². The zero-order chi connectivity index (χ0) is 15.1. The van der Waals surface area contributed by atoms with Gasteiger partial charge in [0.1, 0.15) is 0 Å². The quantitative estimate of drug-likeness (QED) is 0.813. The molecule has 5 nitrogen and oxygen atoms in total. The number of carboxylic acid groups (broad SMARTS) is 1. The number of aliphatic carboxylic acids is 1. The second-order valence-corrected chi connectivity index (χ2v) is 5.43. The fourth-order valence-corrected chi connectivity index (χ4v) is 2.01. The predicted molar refractivity (Wildman–Crippen MR) is 60.6 cm³/mol. The third-order valence-corrected chi connectivity index (χ3v) is 3.50. The first-order chi connectivity index (χ1) is 8.42. The highest BCUT2D eigenvalue weighted by Crippen LogP contribution is 2.33. The maximum Gasteiger partial charge on any atom is 0.422 e. The number of rotatable bonds is 2. The van der Waals surface area contributed by atoms with Gasteiger partial charge in [0.2, 0.25) is 5.54 Å². The zero-order valence-corrected chi connectivity index (χ0v) is 11.0. The van der Waals surface area contributed by atoms with Crippen LogP contribution in [-0.4, -0.2) is 45.8 Å². The molecule has 1 aliphatic heterocycles. The fourth-order valence-electron chi connectivity index (χ4n) is 2.01. The van der Waals surface area contributed by atoms with E-state index in [1.165, 1.54) is 4.90 Å². The number of alkyl halides is 3. The van der Waals surface area contributed by atoms with Crippen molar-refractivity contribution in [1.29, 1.82) is 0 Å². The number of nitrogens with zero attached hydrogens (tertiary/aromatic N) is 1. The van der Waals surface area contributed by atoms with Gasteiger partial charge in [0.15, 0.2) is 0 Å². The lowest BCUT2D eigenvalue weighted by molar-refractivity contribution is -0.203. The first kappa shape index (κ1) is 15.6. The molecule has 8 heteroatoms. The molecule has 0 aromatic rings. The predicted octanol–water partition coefficient (Wildman–Crippen LogP) is 1.98. The van der Waals surface area contributed by atoms with Crippen molar-refractivity contribution in [3.63, 3.8) is 0 Å². The lowest BCUT2D eigenvalue weighted by Crippen LogP contribution is -2.65. The summed E-state index contributed by atoms with van der Waals surface area (Å²) >= 11 is 0. The number of hydrogen-bond acceptors (Lipinski definition) is 2. The highest BCUT2D eigenvalue weighted by molar-refractivity contribution is 5.87. The van der Waals surface area contributed by atoms with Crippen LogP contribution in [0.25, 0.3) is 0 Å². The van der Waals surface area contributed by atoms with Crippen LogP contribution in [0.5, 0.6) is 0 Å². The van der Waals surface area contributed by atoms with Gasteiger partial charge in [0.05, 0.1) is 0 Å². The highest BCUT2D eigenvalue weighted by Gasteiger charge is 2.59. The van der Waals surface area contributed by atoms with Crippen molar-refractivity contribution in [1.82, 2.24) is 10.2 Å². The Balaban J connectivity index is 2.93. The maximum atomic E-state index is 12.8. The third-order valence-electron chi connectivity index (χ3n) is 3.50. The van der Waals surface area contributed by atoms with Gasteiger partial charge in [-0.3, -0.25) is 0 Å². The maximum absolute atomic E-state index is 12.8. The molecule has 1 atom stereocenters. The molecule has 1 unspecified atom stereocenters. The van der Waals surface area contributed by atoms with E-state index >= 15 is 0 Å². The van der Waals surface area contributed by atoms with E-state index in [1.807, 2.05) is 0 Å². The molecule has 1 heterocycles. The van der Waals surface area contributed by atoms with Gasteiger partial charge in [-0.15, -0.1) is 0 Å². The van der Waals surface area contributed by atoms with Crippen molar-refractivity contribution in [3.8, 4) is 0 Å². The molecule has 0 aromatic heterocycles. The van der Waals surface area contributed by atoms with Gasteiger partial charge in [-0.05, 0) is 33.6 Å². The molecule has 1 saturated heterocycles. The van der Waals surface area contributed by atoms with Gasteiger partial charge in [-0.2, -0.15) is 13.2 Å². The summed E-state index contributed by atoms with van der Waals surface area (Å²) in [5.41, 5.74) is -3.86. The van der Waals surface area contributed by atoms with Crippen LogP contribution in [0.3, 0.4) is 0 Å². The monoisotopic (exact) mass is 282 g/mol. The minimum atomic E-state index is -5.07. The van der Waals surface area contributed by atoms with Gasteiger partial charge in [0, 0.05) is 12.1 Å². The first-order valence-electron chi connectivity index (χ1n) is 5.82. The first-order valence-corrected chi connectivity index (χ1v) is 5.82. The van der Waals surface area contributed by atoms with E-state index in [4.69, 9.17) is 5.11 Å². The Morgan fingerprint density at radius 2 is 1.84 bits per heavy atom. The van der Waals surface area contributed by atoms with E-state index < -0.39 is 29.3 Å². The molecule has 2 N–H and O–H groups in total. The van der Waals surface area contributed by atoms with Crippen molar-refractivity contribution < 1.29 is 27.9 Å². The fraction of sp³-hybridized carbons (Fsp3) is 0.818. The van der Waals surface area contributed by atoms with E-state index in [2.05, 4.69) is 0 Å². The number of hydrogen-bond donors (Lipinski definition) is 2. The molecule has 1 aliphatic rings. The lowest BCUT2D eigenvalue weighted by Gasteiger charge is -2.36. The number of urea groups is 1. The second-order valence-electron chi connectivity index (χ2n) is 5.43. The van der Waals surface area contributed by atoms with Crippen LogP contribution >= 0.6 is 0 Å². The molecule has 1 fully saturated rings. The van der Waals surface area contributed by atoms with Crippen molar-refractivity contribution >= 4 is 12.0 Å². The van der Waals surface area contributed by atoms with Gasteiger partial charge in [-0.1, -0.05) is 0 Å². The molecule has 1 rings (SSSR count). The van der Waals surface area contributed by atoms with E-state index in [9.17, 15) is 22.8 Å². The van der Waals surface area contributed by atoms with E-state index in [0.717, 1.165) is 0 Å². The molecule has 0 radical (unpaired) electrons. The van der Waals surface area contributed by atoms with Crippen molar-refractivity contribution in [3.05, 3.63) is 0 Å². The van der Waals surface area contributed by atoms with Crippen molar-refractivity contribution in [2.45, 2.75) is 50.9 Å². The molecule has 0 bridgehead atoms. The summed E-state index contributed by atoms with van der Waals surface area (Å²) in [6.45, 7) is 4.21. The van der Waals surface area contributed by atoms with Gasteiger partial charge < -0.3 is 15.3 Å². The van der Waals surface area contributed by atoms with Gasteiger partial charge in [-0.25, -0.2) is 9.59 Å². The smallest absolute Gasteiger partial charge is 0.422 e. The van der Waals surface area contributed by atoms with Crippen LogP contribution in [-0.2, 0) is 4.79 Å². The summed E-state index contributed by atoms with van der Waals surface area (Å²) < 4.78 is 38.3. The zero-order valence-electron chi connectivity index (χ0n) is 11.0. The number of likely N-dealkylation sites (tertiary alicyclic amines) is 1. The number of carboxylic acids is 1. The van der Waals surface area contributed by atoms with Gasteiger partial charge >= 0.3 is 18.2 Å². The van der Waals surface area contributed by atoms with Crippen LogP contribution in [0.15, 0.2) is 0 Å². The normalized spacial score (nSPS) is 21.9. The average Bonchev–Trinajstić information content (AvgIpc) is 2.55. The largest absolute Gasteiger partial charge is 0.479 e. The van der Waals surface area contributed by atoms with E-state index in [-0.39, 0.29) is 0 Å². The lowest BCUT2D eigenvalue weighted by atomic mass is 10.0. The molecule has 19 heavy (non-hydrogen) atoms. The number of amides is 2. The van der Waals surface area contributed by atoms with E-state index in [1.54, 1.807) is 19.2 Å². The Morgan fingerprint density at radius 3 is 2.16 bits per heavy atom. The topological polar surface area (TPSA) is 69.6 Å². The molecular formula is C11H17F3N2O3. The Hall–Kier alpha value is -1.47. The minimum Gasteiger partial charge on any atom is -0.479 e. The number of nitrogens with one attached hydrogen (secondary N) is 1. The summed E-state index contributed by atoms with van der Waals surface area (Å²) in [5, 5.41) is 10.3. The standard InChI is InChI=1S/C11H17F3N2O3/c1-9(2)5-4-6-16(9)8(19)15-10(3,7(17)18)11(12,13)14/h4-6H2,1-3H3,(H,15,19)(H,17,18). The summed E-state index contributed by atoms with van der Waals surface area (Å²) in [6.07, 6.45) is -3.73. The molecule has 0 aromatic carbocycles. The molecule has 110 valence electrons.